The third kappa shape index (κ3) is 7.24. The van der Waals surface area contributed by atoms with Crippen molar-refractivity contribution in [1.82, 2.24) is 14.9 Å². The van der Waals surface area contributed by atoms with Gasteiger partial charge in [0, 0.05) is 25.2 Å². The van der Waals surface area contributed by atoms with Crippen LogP contribution in [0.25, 0.3) is 11.0 Å². The zero-order valence-corrected chi connectivity index (χ0v) is 25.3. The second-order valence-corrected chi connectivity index (χ2v) is 11.0. The smallest absolute Gasteiger partial charge is 0.348 e. The fourth-order valence-corrected chi connectivity index (χ4v) is 5.21. The number of aromatic nitrogens is 2. The number of nitrogens with one attached hydrogen (secondary N) is 3. The monoisotopic (exact) mass is 651 g/mol. The molecule has 0 radical (unpaired) electrons. The van der Waals surface area contributed by atoms with E-state index in [0.29, 0.717) is 32.9 Å². The third-order valence-corrected chi connectivity index (χ3v) is 7.78. The Balaban J connectivity index is 1.68. The highest BCUT2D eigenvalue weighted by atomic mass is 35.5. The predicted molar refractivity (Wildman–Crippen MR) is 162 cm³/mol. The van der Waals surface area contributed by atoms with Crippen molar-refractivity contribution in [3.63, 3.8) is 0 Å². The summed E-state index contributed by atoms with van der Waals surface area (Å²) < 4.78 is 37.7. The van der Waals surface area contributed by atoms with Crippen molar-refractivity contribution < 1.29 is 32.6 Å². The Bertz CT molecular complexity index is 1740. The Kier molecular flexibility index (Phi) is 9.89. The van der Waals surface area contributed by atoms with Gasteiger partial charge in [0.15, 0.2) is 0 Å². The van der Waals surface area contributed by atoms with E-state index in [-0.39, 0.29) is 44.6 Å². The molecule has 3 N–H and O–H groups in total. The lowest BCUT2D eigenvalue weighted by Gasteiger charge is -2.14. The van der Waals surface area contributed by atoms with Crippen molar-refractivity contribution in [3.05, 3.63) is 74.6 Å². The van der Waals surface area contributed by atoms with E-state index in [1.54, 1.807) is 30.7 Å². The average molecular weight is 653 g/mol. The van der Waals surface area contributed by atoms with Crippen LogP contribution in [0.1, 0.15) is 32.5 Å². The summed E-state index contributed by atoms with van der Waals surface area (Å²) in [5, 5.41) is 9.28. The van der Waals surface area contributed by atoms with Gasteiger partial charge in [-0.15, -0.1) is 11.3 Å². The van der Waals surface area contributed by atoms with Gasteiger partial charge in [0.1, 0.15) is 17.2 Å². The molecule has 2 amide bonds. The van der Waals surface area contributed by atoms with Gasteiger partial charge >= 0.3 is 5.97 Å². The van der Waals surface area contributed by atoms with Crippen molar-refractivity contribution >= 4 is 80.0 Å². The van der Waals surface area contributed by atoms with Crippen LogP contribution in [0.15, 0.2) is 48.6 Å². The number of hydrogen-bond donors (Lipinski definition) is 3. The van der Waals surface area contributed by atoms with E-state index in [0.717, 1.165) is 11.3 Å². The SMILES string of the molecule is C=C(C)C(=O)NCc1ccc(Cl)c(Nc2nc3cc(C(=O)Nc4ccc(C(=O)OC)s4)c(OCC(F)F)cc3n2C)c1Cl. The molecule has 2 aromatic heterocycles. The molecule has 0 fully saturated rings. The van der Waals surface area contributed by atoms with Crippen LogP contribution < -0.4 is 20.7 Å². The van der Waals surface area contributed by atoms with Gasteiger partial charge in [-0.25, -0.2) is 18.6 Å². The van der Waals surface area contributed by atoms with Crippen molar-refractivity contribution in [3.8, 4) is 5.75 Å². The summed E-state index contributed by atoms with van der Waals surface area (Å²) >= 11 is 14.0. The maximum absolute atomic E-state index is 13.2. The molecule has 0 bridgehead atoms. The largest absolute Gasteiger partial charge is 0.487 e. The van der Waals surface area contributed by atoms with E-state index in [1.807, 2.05) is 0 Å². The number of rotatable bonds is 11. The molecule has 0 unspecified atom stereocenters. The van der Waals surface area contributed by atoms with Gasteiger partial charge in [0.25, 0.3) is 12.3 Å². The molecule has 2 heterocycles. The van der Waals surface area contributed by atoms with Crippen LogP contribution in [-0.2, 0) is 23.1 Å². The van der Waals surface area contributed by atoms with Crippen LogP contribution >= 0.6 is 34.5 Å². The molecule has 0 aliphatic heterocycles. The maximum Gasteiger partial charge on any atom is 0.348 e. The van der Waals surface area contributed by atoms with E-state index < -0.39 is 24.9 Å². The summed E-state index contributed by atoms with van der Waals surface area (Å²) in [5.74, 6) is -1.40. The number of imidazole rings is 1. The van der Waals surface area contributed by atoms with Crippen molar-refractivity contribution in [2.75, 3.05) is 24.4 Å². The maximum atomic E-state index is 13.2. The molecule has 15 heteroatoms. The summed E-state index contributed by atoms with van der Waals surface area (Å²) in [6.07, 6.45) is -2.79. The zero-order chi connectivity index (χ0) is 31.4. The summed E-state index contributed by atoms with van der Waals surface area (Å²) in [5.41, 5.74) is 1.96. The minimum atomic E-state index is -2.79. The second-order valence-electron chi connectivity index (χ2n) is 9.13. The molecule has 0 aliphatic rings. The highest BCUT2D eigenvalue weighted by molar-refractivity contribution is 7.18. The van der Waals surface area contributed by atoms with E-state index >= 15 is 0 Å². The van der Waals surface area contributed by atoms with Gasteiger partial charge in [-0.05, 0) is 36.8 Å². The number of methoxy groups -OCH3 is 1. The summed E-state index contributed by atoms with van der Waals surface area (Å²) in [6.45, 7) is 4.36. The van der Waals surface area contributed by atoms with Gasteiger partial charge in [0.2, 0.25) is 11.9 Å². The number of benzene rings is 2. The molecule has 4 aromatic rings. The molecular formula is C28H25Cl2F2N5O5S. The second kappa shape index (κ2) is 13.4. The first-order valence-electron chi connectivity index (χ1n) is 12.5. The Morgan fingerprint density at radius 1 is 1.16 bits per heavy atom. The number of alkyl halides is 2. The topological polar surface area (TPSA) is 124 Å². The van der Waals surface area contributed by atoms with Gasteiger partial charge in [-0.2, -0.15) is 0 Å². The third-order valence-electron chi connectivity index (χ3n) is 6.06. The highest BCUT2D eigenvalue weighted by Gasteiger charge is 2.22. The van der Waals surface area contributed by atoms with Crippen LogP contribution in [0.3, 0.4) is 0 Å². The van der Waals surface area contributed by atoms with Crippen molar-refractivity contribution in [2.24, 2.45) is 7.05 Å². The van der Waals surface area contributed by atoms with Gasteiger partial charge in [0.05, 0.1) is 44.4 Å². The van der Waals surface area contributed by atoms with Gasteiger partial charge in [-0.3, -0.25) is 9.59 Å². The molecule has 43 heavy (non-hydrogen) atoms. The average Bonchev–Trinajstić information content (AvgIpc) is 3.56. The Labute approximate surface area is 258 Å². The molecule has 0 atom stereocenters. The molecule has 10 nitrogen and oxygen atoms in total. The first-order chi connectivity index (χ1) is 20.4. The van der Waals surface area contributed by atoms with Crippen LogP contribution in [0.4, 0.5) is 25.4 Å². The highest BCUT2D eigenvalue weighted by Crippen LogP contribution is 2.37. The van der Waals surface area contributed by atoms with Gasteiger partial charge < -0.3 is 30.0 Å². The molecule has 0 aliphatic carbocycles. The number of anilines is 3. The number of carbonyl (C=O) groups is 3. The molecule has 0 saturated carbocycles. The Morgan fingerprint density at radius 3 is 2.58 bits per heavy atom. The zero-order valence-electron chi connectivity index (χ0n) is 23.0. The number of halogens is 4. The number of ether oxygens (including phenoxy) is 2. The first kappa shape index (κ1) is 31.7. The lowest BCUT2D eigenvalue weighted by atomic mass is 10.1. The van der Waals surface area contributed by atoms with Crippen LogP contribution in [0, 0.1) is 0 Å². The quantitative estimate of drug-likeness (QED) is 0.124. The standard InChI is InChI=1S/C28H25Cl2F2N5O5S/c1-13(2)25(38)33-11-14-5-6-16(29)24(23(14)30)36-28-34-17-9-15(19(42-12-21(31)32)10-18(17)37(28)3)26(39)35-22-8-7-20(43-22)27(40)41-4/h5-10,21H,1,11-12H2,2-4H3,(H,33,38)(H,34,36)(H,35,39). The lowest BCUT2D eigenvalue weighted by Crippen LogP contribution is -2.23. The van der Waals surface area contributed by atoms with Crippen LogP contribution in [-0.4, -0.2) is 47.5 Å². The van der Waals surface area contributed by atoms with E-state index in [4.69, 9.17) is 27.9 Å². The number of nitrogens with zero attached hydrogens (tertiary/aromatic N) is 2. The van der Waals surface area contributed by atoms with Crippen molar-refractivity contribution in [1.29, 1.82) is 0 Å². The summed E-state index contributed by atoms with van der Waals surface area (Å²) in [6, 6.07) is 9.10. The molecule has 4 rings (SSSR count). The fourth-order valence-electron chi connectivity index (χ4n) is 3.86. The Morgan fingerprint density at radius 2 is 1.91 bits per heavy atom. The van der Waals surface area contributed by atoms with Gasteiger partial charge in [-0.1, -0.05) is 35.8 Å². The summed E-state index contributed by atoms with van der Waals surface area (Å²) in [7, 11) is 2.90. The first-order valence-corrected chi connectivity index (χ1v) is 14.0. The number of aryl methyl sites for hydroxylation is 1. The predicted octanol–water partition coefficient (Wildman–Crippen LogP) is 6.56. The fraction of sp³-hybridized carbons (Fsp3) is 0.214. The number of esters is 1. The van der Waals surface area contributed by atoms with Crippen molar-refractivity contribution in [2.45, 2.75) is 19.9 Å². The molecule has 2 aromatic carbocycles. The minimum absolute atomic E-state index is 0.0582. The number of thiophene rings is 1. The van der Waals surface area contributed by atoms with E-state index in [2.05, 4.69) is 32.3 Å². The van der Waals surface area contributed by atoms with Crippen LogP contribution in [0.5, 0.6) is 5.75 Å². The number of hydrogen-bond acceptors (Lipinski definition) is 8. The van der Waals surface area contributed by atoms with Crippen LogP contribution in [0.2, 0.25) is 10.0 Å². The van der Waals surface area contributed by atoms with E-state index in [9.17, 15) is 23.2 Å². The molecule has 0 saturated heterocycles. The molecule has 226 valence electrons. The lowest BCUT2D eigenvalue weighted by molar-refractivity contribution is -0.117. The Hall–Kier alpha value is -4.20. The number of carbonyl (C=O) groups excluding carboxylic acids is 3. The number of amides is 2. The number of fused-ring (bicyclic) bond motifs is 1. The molecule has 0 spiro atoms. The normalized spacial score (nSPS) is 11.0. The molecular weight excluding hydrogens is 627 g/mol. The summed E-state index contributed by atoms with van der Waals surface area (Å²) in [4.78, 5) is 41.8. The van der Waals surface area contributed by atoms with E-state index in [1.165, 1.54) is 31.4 Å². The minimum Gasteiger partial charge on any atom is -0.487 e.